The Bertz CT molecular complexity index is 961. The first kappa shape index (κ1) is 56.1. The number of aliphatic hydroxyl groups excluding tert-OH is 2. The van der Waals surface area contributed by atoms with Gasteiger partial charge in [0.1, 0.15) is 6.10 Å². The van der Waals surface area contributed by atoms with Crippen molar-refractivity contribution < 1.29 is 24.5 Å². The van der Waals surface area contributed by atoms with E-state index in [1.165, 1.54) is 128 Å². The molecule has 3 N–H and O–H groups in total. The van der Waals surface area contributed by atoms with Gasteiger partial charge in [-0.1, -0.05) is 211 Å². The number of esters is 1. The molecule has 0 saturated carbocycles. The summed E-state index contributed by atoms with van der Waals surface area (Å²) in [6, 6.07) is -0.708. The summed E-state index contributed by atoms with van der Waals surface area (Å²) in [7, 11) is 0. The van der Waals surface area contributed by atoms with Crippen LogP contribution < -0.4 is 5.32 Å². The Balaban J connectivity index is 4.51. The van der Waals surface area contributed by atoms with Crippen LogP contribution in [0.15, 0.2) is 36.5 Å². The maximum atomic E-state index is 13.1. The van der Waals surface area contributed by atoms with Crippen LogP contribution in [0, 0.1) is 0 Å². The standard InChI is InChI=1S/C52H97NO5/c1-4-7-10-13-16-19-21-23-25-26-28-30-33-36-39-42-45-52(57)58-48(43-40-37-34-31-18-15-12-9-6-3)46-51(56)53-49(47-54)50(55)44-41-38-35-32-29-27-24-22-20-17-14-11-8-5-2/h15,18,25-26,28,30,48-50,54-55H,4-14,16-17,19-24,27,29,31-47H2,1-3H3,(H,53,56)/b18-15-,26-25+,30-28+. The van der Waals surface area contributed by atoms with Gasteiger partial charge in [0.05, 0.1) is 25.2 Å². The van der Waals surface area contributed by atoms with Crippen molar-refractivity contribution in [3.63, 3.8) is 0 Å². The molecule has 0 aliphatic rings. The Morgan fingerprint density at radius 2 is 0.897 bits per heavy atom. The van der Waals surface area contributed by atoms with Gasteiger partial charge in [-0.2, -0.15) is 0 Å². The third-order valence-electron chi connectivity index (χ3n) is 11.5. The van der Waals surface area contributed by atoms with Crippen molar-refractivity contribution in [3.05, 3.63) is 36.5 Å². The molecular formula is C52H97NO5. The highest BCUT2D eigenvalue weighted by molar-refractivity contribution is 5.77. The van der Waals surface area contributed by atoms with E-state index < -0.39 is 18.2 Å². The molecule has 0 aromatic heterocycles. The highest BCUT2D eigenvalue weighted by Crippen LogP contribution is 2.17. The summed E-state index contributed by atoms with van der Waals surface area (Å²) < 4.78 is 5.89. The van der Waals surface area contributed by atoms with Crippen LogP contribution in [0.1, 0.15) is 258 Å². The van der Waals surface area contributed by atoms with E-state index in [0.29, 0.717) is 19.3 Å². The number of hydrogen-bond acceptors (Lipinski definition) is 5. The minimum Gasteiger partial charge on any atom is -0.462 e. The van der Waals surface area contributed by atoms with E-state index in [0.717, 1.165) is 83.5 Å². The highest BCUT2D eigenvalue weighted by atomic mass is 16.5. The number of aliphatic hydroxyl groups is 2. The maximum absolute atomic E-state index is 13.1. The van der Waals surface area contributed by atoms with E-state index in [-0.39, 0.29) is 24.9 Å². The second-order valence-corrected chi connectivity index (χ2v) is 17.2. The highest BCUT2D eigenvalue weighted by Gasteiger charge is 2.24. The van der Waals surface area contributed by atoms with E-state index in [2.05, 4.69) is 62.5 Å². The summed E-state index contributed by atoms with van der Waals surface area (Å²) in [6.07, 6.45) is 53.5. The molecule has 0 aromatic carbocycles. The number of allylic oxidation sites excluding steroid dienone is 6. The molecule has 0 radical (unpaired) electrons. The zero-order valence-corrected chi connectivity index (χ0v) is 38.7. The lowest BCUT2D eigenvalue weighted by molar-refractivity contribution is -0.151. The molecule has 0 aliphatic heterocycles. The number of hydrogen-bond donors (Lipinski definition) is 3. The van der Waals surface area contributed by atoms with Crippen LogP contribution in [0.5, 0.6) is 0 Å². The molecule has 340 valence electrons. The van der Waals surface area contributed by atoms with Crippen molar-refractivity contribution >= 4 is 11.9 Å². The second-order valence-electron chi connectivity index (χ2n) is 17.2. The minimum atomic E-state index is -0.793. The van der Waals surface area contributed by atoms with Gasteiger partial charge in [0.2, 0.25) is 5.91 Å². The summed E-state index contributed by atoms with van der Waals surface area (Å²) in [4.78, 5) is 26.0. The average Bonchev–Trinajstić information content (AvgIpc) is 3.22. The normalized spacial score (nSPS) is 13.5. The SMILES string of the molecule is CCCC/C=C\CCCCCC(CC(=O)NC(CO)C(O)CCCCCCCCCCCCCCCC)OC(=O)CCCCC/C=C/C=C/CCCCCCCCC. The van der Waals surface area contributed by atoms with Crippen LogP contribution in [-0.2, 0) is 14.3 Å². The van der Waals surface area contributed by atoms with Gasteiger partial charge in [-0.15, -0.1) is 0 Å². The summed E-state index contributed by atoms with van der Waals surface area (Å²) in [6.45, 7) is 6.43. The van der Waals surface area contributed by atoms with Gasteiger partial charge in [0.15, 0.2) is 0 Å². The van der Waals surface area contributed by atoms with Crippen molar-refractivity contribution in [1.29, 1.82) is 0 Å². The first-order valence-electron chi connectivity index (χ1n) is 25.2. The quantitative estimate of drug-likeness (QED) is 0.0246. The largest absolute Gasteiger partial charge is 0.462 e. The number of rotatable bonds is 45. The van der Waals surface area contributed by atoms with E-state index in [4.69, 9.17) is 4.74 Å². The zero-order chi connectivity index (χ0) is 42.4. The fourth-order valence-corrected chi connectivity index (χ4v) is 7.58. The lowest BCUT2D eigenvalue weighted by Crippen LogP contribution is -2.46. The van der Waals surface area contributed by atoms with Crippen molar-refractivity contribution in [2.24, 2.45) is 0 Å². The van der Waals surface area contributed by atoms with Gasteiger partial charge >= 0.3 is 5.97 Å². The minimum absolute atomic E-state index is 0.0575. The molecule has 0 aliphatic carbocycles. The molecule has 0 rings (SSSR count). The Morgan fingerprint density at radius 1 is 0.500 bits per heavy atom. The Morgan fingerprint density at radius 3 is 1.40 bits per heavy atom. The van der Waals surface area contributed by atoms with Crippen LogP contribution in [0.25, 0.3) is 0 Å². The van der Waals surface area contributed by atoms with Crippen molar-refractivity contribution in [2.45, 2.75) is 277 Å². The predicted molar refractivity (Wildman–Crippen MR) is 250 cm³/mol. The van der Waals surface area contributed by atoms with Gasteiger partial charge in [-0.05, 0) is 70.6 Å². The summed E-state index contributed by atoms with van der Waals surface area (Å²) >= 11 is 0. The molecule has 1 amide bonds. The fourth-order valence-electron chi connectivity index (χ4n) is 7.58. The summed E-state index contributed by atoms with van der Waals surface area (Å²) in [5, 5.41) is 23.7. The predicted octanol–water partition coefficient (Wildman–Crippen LogP) is 14.9. The molecule has 0 bridgehead atoms. The van der Waals surface area contributed by atoms with Crippen LogP contribution in [-0.4, -0.2) is 46.9 Å². The third kappa shape index (κ3) is 40.8. The van der Waals surface area contributed by atoms with Gasteiger partial charge in [0.25, 0.3) is 0 Å². The fraction of sp³-hybridized carbons (Fsp3) is 0.846. The molecular weight excluding hydrogens is 719 g/mol. The van der Waals surface area contributed by atoms with E-state index >= 15 is 0 Å². The van der Waals surface area contributed by atoms with E-state index in [1.54, 1.807) is 0 Å². The molecule has 0 heterocycles. The van der Waals surface area contributed by atoms with Crippen LogP contribution >= 0.6 is 0 Å². The van der Waals surface area contributed by atoms with Crippen LogP contribution in [0.3, 0.4) is 0 Å². The van der Waals surface area contributed by atoms with Crippen LogP contribution in [0.4, 0.5) is 0 Å². The Labute approximate surface area is 360 Å². The molecule has 0 aromatic rings. The molecule has 3 unspecified atom stereocenters. The van der Waals surface area contributed by atoms with Crippen molar-refractivity contribution in [3.8, 4) is 0 Å². The third-order valence-corrected chi connectivity index (χ3v) is 11.5. The molecule has 6 heteroatoms. The molecule has 0 saturated heterocycles. The summed E-state index contributed by atoms with van der Waals surface area (Å²) in [5.41, 5.74) is 0. The topological polar surface area (TPSA) is 95.9 Å². The number of unbranched alkanes of at least 4 members (excludes halogenated alkanes) is 28. The Hall–Kier alpha value is -1.92. The molecule has 58 heavy (non-hydrogen) atoms. The molecule has 0 spiro atoms. The lowest BCUT2D eigenvalue weighted by Gasteiger charge is -2.24. The first-order chi connectivity index (χ1) is 28.5. The van der Waals surface area contributed by atoms with Gasteiger partial charge in [-0.25, -0.2) is 0 Å². The number of carbonyl (C=O) groups excluding carboxylic acids is 2. The number of carbonyl (C=O) groups is 2. The first-order valence-corrected chi connectivity index (χ1v) is 25.2. The zero-order valence-electron chi connectivity index (χ0n) is 38.7. The number of nitrogens with one attached hydrogen (secondary N) is 1. The van der Waals surface area contributed by atoms with Crippen molar-refractivity contribution in [2.75, 3.05) is 6.61 Å². The smallest absolute Gasteiger partial charge is 0.306 e. The number of amides is 1. The molecule has 0 fully saturated rings. The van der Waals surface area contributed by atoms with E-state index in [9.17, 15) is 19.8 Å². The maximum Gasteiger partial charge on any atom is 0.306 e. The van der Waals surface area contributed by atoms with Gasteiger partial charge in [-0.3, -0.25) is 9.59 Å². The van der Waals surface area contributed by atoms with Gasteiger partial charge in [0, 0.05) is 6.42 Å². The summed E-state index contributed by atoms with van der Waals surface area (Å²) in [5.74, 6) is -0.518. The average molecular weight is 816 g/mol. The van der Waals surface area contributed by atoms with Crippen LogP contribution in [0.2, 0.25) is 0 Å². The van der Waals surface area contributed by atoms with E-state index in [1.807, 2.05) is 0 Å². The molecule has 3 atom stereocenters. The second kappa shape index (κ2) is 46.2. The van der Waals surface area contributed by atoms with Crippen molar-refractivity contribution in [1.82, 2.24) is 5.32 Å². The number of ether oxygens (including phenoxy) is 1. The lowest BCUT2D eigenvalue weighted by atomic mass is 10.0. The Kier molecular flexibility index (Phi) is 44.6. The monoisotopic (exact) mass is 816 g/mol. The van der Waals surface area contributed by atoms with Gasteiger partial charge < -0.3 is 20.3 Å². The molecule has 6 nitrogen and oxygen atoms in total.